The minimum absolute atomic E-state index is 0.0532. The molecular weight excluding hydrogens is 530 g/mol. The second kappa shape index (κ2) is 11.4. The first kappa shape index (κ1) is 30.2. The largest absolute Gasteiger partial charge is 0.457 e. The quantitative estimate of drug-likeness (QED) is 0.229. The van der Waals surface area contributed by atoms with Gasteiger partial charge in [-0.05, 0) is 64.4 Å². The Kier molecular flexibility index (Phi) is 8.04. The molecule has 1 aliphatic rings. The van der Waals surface area contributed by atoms with Crippen LogP contribution in [0.4, 0.5) is 11.4 Å². The molecule has 0 bridgehead atoms. The lowest BCUT2D eigenvalue weighted by Gasteiger charge is -2.31. The lowest BCUT2D eigenvalue weighted by molar-refractivity contribution is 0.449. The highest BCUT2D eigenvalue weighted by molar-refractivity contribution is 5.65. The standard InChI is InChI=1S/C38H45N3O2/c1-36(2,3)27-20-28(37(4,5)6)22-30(21-27)40-25-34(38(7,8)9)41(26-40)29-14-12-15-31(23-29)42-32-16-13-17-33(24-32)43-35-18-10-11-19-39-35/h10-25H,26H2,1-9H3. The topological polar surface area (TPSA) is 37.8 Å². The third-order valence-corrected chi connectivity index (χ3v) is 7.64. The summed E-state index contributed by atoms with van der Waals surface area (Å²) in [6.07, 6.45) is 4.03. The van der Waals surface area contributed by atoms with Gasteiger partial charge in [0.1, 0.15) is 17.2 Å². The number of anilines is 2. The molecule has 224 valence electrons. The molecule has 43 heavy (non-hydrogen) atoms. The predicted molar refractivity (Wildman–Crippen MR) is 178 cm³/mol. The van der Waals surface area contributed by atoms with Crippen molar-refractivity contribution in [1.29, 1.82) is 0 Å². The second-order valence-corrected chi connectivity index (χ2v) is 14.4. The Morgan fingerprint density at radius 2 is 1.19 bits per heavy atom. The van der Waals surface area contributed by atoms with Crippen LogP contribution in [0.1, 0.15) is 73.4 Å². The van der Waals surface area contributed by atoms with Gasteiger partial charge >= 0.3 is 0 Å². The number of pyridine rings is 1. The van der Waals surface area contributed by atoms with Crippen LogP contribution >= 0.6 is 0 Å². The normalized spacial score (nSPS) is 14.1. The molecule has 0 radical (unpaired) electrons. The minimum atomic E-state index is -0.0583. The molecule has 4 aromatic rings. The number of hydrogen-bond donors (Lipinski definition) is 0. The lowest BCUT2D eigenvalue weighted by atomic mass is 9.80. The van der Waals surface area contributed by atoms with Gasteiger partial charge in [-0.3, -0.25) is 0 Å². The van der Waals surface area contributed by atoms with Gasteiger partial charge in [0.05, 0.1) is 6.67 Å². The Morgan fingerprint density at radius 3 is 1.77 bits per heavy atom. The monoisotopic (exact) mass is 575 g/mol. The van der Waals surface area contributed by atoms with Gasteiger partial charge in [-0.15, -0.1) is 0 Å². The van der Waals surface area contributed by atoms with E-state index in [1.165, 1.54) is 22.5 Å². The van der Waals surface area contributed by atoms with Crippen molar-refractivity contribution in [2.45, 2.75) is 73.1 Å². The Morgan fingerprint density at radius 1 is 0.581 bits per heavy atom. The summed E-state index contributed by atoms with van der Waals surface area (Å²) in [5.74, 6) is 2.69. The molecule has 0 N–H and O–H groups in total. The fraction of sp³-hybridized carbons (Fsp3) is 0.342. The van der Waals surface area contributed by atoms with E-state index in [1.807, 2.05) is 48.5 Å². The van der Waals surface area contributed by atoms with Crippen molar-refractivity contribution in [3.05, 3.63) is 114 Å². The van der Waals surface area contributed by atoms with Gasteiger partial charge < -0.3 is 19.3 Å². The van der Waals surface area contributed by atoms with Crippen LogP contribution in [0.25, 0.3) is 0 Å². The first-order valence-corrected chi connectivity index (χ1v) is 15.1. The average molecular weight is 576 g/mol. The maximum Gasteiger partial charge on any atom is 0.219 e. The molecule has 2 heterocycles. The molecule has 0 fully saturated rings. The molecular formula is C38H45N3O2. The zero-order chi connectivity index (χ0) is 31.0. The first-order valence-electron chi connectivity index (χ1n) is 15.1. The highest BCUT2D eigenvalue weighted by Gasteiger charge is 2.32. The van der Waals surface area contributed by atoms with E-state index in [9.17, 15) is 0 Å². The van der Waals surface area contributed by atoms with Crippen molar-refractivity contribution in [2.75, 3.05) is 16.5 Å². The van der Waals surface area contributed by atoms with Crippen LogP contribution in [0.2, 0.25) is 0 Å². The van der Waals surface area contributed by atoms with Crippen LogP contribution in [0.5, 0.6) is 23.1 Å². The van der Waals surface area contributed by atoms with Crippen LogP contribution in [-0.4, -0.2) is 11.7 Å². The van der Waals surface area contributed by atoms with Crippen molar-refractivity contribution in [1.82, 2.24) is 4.98 Å². The van der Waals surface area contributed by atoms with E-state index >= 15 is 0 Å². The fourth-order valence-corrected chi connectivity index (χ4v) is 5.09. The van der Waals surface area contributed by atoms with Gasteiger partial charge in [0.2, 0.25) is 5.88 Å². The van der Waals surface area contributed by atoms with Gasteiger partial charge in [0, 0.05) is 53.1 Å². The maximum atomic E-state index is 6.34. The van der Waals surface area contributed by atoms with Gasteiger partial charge in [-0.1, -0.05) is 86.6 Å². The van der Waals surface area contributed by atoms with Crippen LogP contribution in [-0.2, 0) is 10.8 Å². The van der Waals surface area contributed by atoms with Crippen molar-refractivity contribution in [3.63, 3.8) is 0 Å². The van der Waals surface area contributed by atoms with Crippen molar-refractivity contribution in [3.8, 4) is 23.1 Å². The van der Waals surface area contributed by atoms with Gasteiger partial charge in [0.15, 0.2) is 0 Å². The summed E-state index contributed by atoms with van der Waals surface area (Å²) in [6.45, 7) is 21.3. The van der Waals surface area contributed by atoms with E-state index in [0.717, 1.165) is 18.1 Å². The third-order valence-electron chi connectivity index (χ3n) is 7.64. The van der Waals surface area contributed by atoms with Gasteiger partial charge in [-0.25, -0.2) is 4.98 Å². The Labute approximate surface area is 257 Å². The number of hydrogen-bond acceptors (Lipinski definition) is 5. The lowest BCUT2D eigenvalue weighted by Crippen LogP contribution is -2.30. The highest BCUT2D eigenvalue weighted by Crippen LogP contribution is 2.41. The van der Waals surface area contributed by atoms with E-state index in [-0.39, 0.29) is 16.2 Å². The molecule has 0 saturated carbocycles. The molecule has 5 heteroatoms. The molecule has 3 aromatic carbocycles. The summed E-state index contributed by atoms with van der Waals surface area (Å²) >= 11 is 0. The predicted octanol–water partition coefficient (Wildman–Crippen LogP) is 10.4. The Hall–Kier alpha value is -4.25. The molecule has 0 saturated heterocycles. The van der Waals surface area contributed by atoms with E-state index in [2.05, 4.69) is 120 Å². The van der Waals surface area contributed by atoms with Crippen LogP contribution in [0.3, 0.4) is 0 Å². The molecule has 1 aromatic heterocycles. The first-order chi connectivity index (χ1) is 20.2. The maximum absolute atomic E-state index is 6.34. The second-order valence-electron chi connectivity index (χ2n) is 14.4. The molecule has 0 aliphatic carbocycles. The molecule has 1 aliphatic heterocycles. The minimum Gasteiger partial charge on any atom is -0.457 e. The summed E-state index contributed by atoms with van der Waals surface area (Å²) in [4.78, 5) is 9.04. The number of aromatic nitrogens is 1. The molecule has 0 amide bonds. The van der Waals surface area contributed by atoms with Crippen molar-refractivity contribution in [2.24, 2.45) is 5.41 Å². The smallest absolute Gasteiger partial charge is 0.219 e. The summed E-state index contributed by atoms with van der Waals surface area (Å²) < 4.78 is 12.2. The van der Waals surface area contributed by atoms with Crippen molar-refractivity contribution < 1.29 is 9.47 Å². The Bertz CT molecular complexity index is 1570. The SMILES string of the molecule is CC(C)(C)C1=CN(c2cc(C(C)(C)C)cc(C(C)(C)C)c2)CN1c1cccc(Oc2cccc(Oc3ccccn3)c2)c1. The van der Waals surface area contributed by atoms with Gasteiger partial charge in [0.25, 0.3) is 0 Å². The summed E-state index contributed by atoms with van der Waals surface area (Å²) in [5, 5.41) is 0. The van der Waals surface area contributed by atoms with E-state index in [0.29, 0.717) is 17.4 Å². The Balaban J connectivity index is 1.43. The van der Waals surface area contributed by atoms with Crippen LogP contribution < -0.4 is 19.3 Å². The zero-order valence-electron chi connectivity index (χ0n) is 27.1. The number of rotatable bonds is 6. The molecule has 0 atom stereocenters. The third kappa shape index (κ3) is 7.22. The van der Waals surface area contributed by atoms with Crippen LogP contribution in [0, 0.1) is 5.41 Å². The van der Waals surface area contributed by atoms with E-state index in [4.69, 9.17) is 9.47 Å². The highest BCUT2D eigenvalue weighted by atomic mass is 16.5. The molecule has 5 rings (SSSR count). The summed E-state index contributed by atoms with van der Waals surface area (Å²) in [5.41, 5.74) is 6.32. The van der Waals surface area contributed by atoms with Crippen LogP contribution in [0.15, 0.2) is 103 Å². The molecule has 0 spiro atoms. The van der Waals surface area contributed by atoms with E-state index in [1.54, 1.807) is 6.20 Å². The number of benzene rings is 3. The molecule has 5 nitrogen and oxygen atoms in total. The number of ether oxygens (including phenoxy) is 2. The molecule has 0 unspecified atom stereocenters. The zero-order valence-corrected chi connectivity index (χ0v) is 27.1. The summed E-state index contributed by atoms with van der Waals surface area (Å²) in [6, 6.07) is 28.7. The van der Waals surface area contributed by atoms with Gasteiger partial charge in [-0.2, -0.15) is 0 Å². The summed E-state index contributed by atoms with van der Waals surface area (Å²) in [7, 11) is 0. The fourth-order valence-electron chi connectivity index (χ4n) is 5.09. The van der Waals surface area contributed by atoms with E-state index < -0.39 is 0 Å². The average Bonchev–Trinajstić information content (AvgIpc) is 3.40. The number of nitrogens with zero attached hydrogens (tertiary/aromatic N) is 3. The number of allylic oxidation sites excluding steroid dienone is 1. The van der Waals surface area contributed by atoms with Crippen molar-refractivity contribution >= 4 is 11.4 Å².